The van der Waals surface area contributed by atoms with E-state index in [1.54, 1.807) is 0 Å². The smallest absolute Gasteiger partial charge is 0.123 e. The molecule has 0 aromatic heterocycles. The molecule has 1 unspecified atom stereocenters. The van der Waals surface area contributed by atoms with Crippen molar-refractivity contribution in [2.75, 3.05) is 6.54 Å². The first-order valence-corrected chi connectivity index (χ1v) is 5.10. The second-order valence-corrected chi connectivity index (χ2v) is 4.54. The highest BCUT2D eigenvalue weighted by atomic mass is 16.5. The van der Waals surface area contributed by atoms with Gasteiger partial charge in [0.2, 0.25) is 0 Å². The normalized spacial score (nSPS) is 23.8. The van der Waals surface area contributed by atoms with Crippen LogP contribution in [0.15, 0.2) is 24.3 Å². The lowest BCUT2D eigenvalue weighted by Crippen LogP contribution is -2.36. The van der Waals surface area contributed by atoms with E-state index >= 15 is 0 Å². The molecule has 2 nitrogen and oxygen atoms in total. The van der Waals surface area contributed by atoms with Crippen LogP contribution < -0.4 is 10.5 Å². The van der Waals surface area contributed by atoms with E-state index in [-0.39, 0.29) is 5.60 Å². The van der Waals surface area contributed by atoms with E-state index in [4.69, 9.17) is 10.5 Å². The van der Waals surface area contributed by atoms with Gasteiger partial charge in [-0.1, -0.05) is 18.2 Å². The SMILES string of the molecule is CC1(C)CC(CN)c2ccccc2O1. The van der Waals surface area contributed by atoms with Crippen LogP contribution in [0.4, 0.5) is 0 Å². The van der Waals surface area contributed by atoms with E-state index in [1.807, 2.05) is 18.2 Å². The summed E-state index contributed by atoms with van der Waals surface area (Å²) in [4.78, 5) is 0. The molecule has 76 valence electrons. The average Bonchev–Trinajstić information content (AvgIpc) is 2.15. The molecule has 2 rings (SSSR count). The van der Waals surface area contributed by atoms with Crippen molar-refractivity contribution in [2.45, 2.75) is 31.8 Å². The second-order valence-electron chi connectivity index (χ2n) is 4.54. The van der Waals surface area contributed by atoms with Crippen molar-refractivity contribution in [1.82, 2.24) is 0 Å². The van der Waals surface area contributed by atoms with Crippen LogP contribution in [0.2, 0.25) is 0 Å². The summed E-state index contributed by atoms with van der Waals surface area (Å²) in [6, 6.07) is 8.19. The summed E-state index contributed by atoms with van der Waals surface area (Å²) in [6.07, 6.45) is 1.00. The largest absolute Gasteiger partial charge is 0.488 e. The lowest BCUT2D eigenvalue weighted by atomic mass is 9.84. The summed E-state index contributed by atoms with van der Waals surface area (Å²) in [5, 5.41) is 0. The van der Waals surface area contributed by atoms with E-state index < -0.39 is 0 Å². The third-order valence-electron chi connectivity index (χ3n) is 2.77. The minimum absolute atomic E-state index is 0.0849. The van der Waals surface area contributed by atoms with E-state index in [2.05, 4.69) is 19.9 Å². The van der Waals surface area contributed by atoms with Gasteiger partial charge in [0, 0.05) is 5.92 Å². The Kier molecular flexibility index (Phi) is 2.23. The number of rotatable bonds is 1. The number of benzene rings is 1. The molecule has 0 spiro atoms. The van der Waals surface area contributed by atoms with Gasteiger partial charge in [-0.2, -0.15) is 0 Å². The summed E-state index contributed by atoms with van der Waals surface area (Å²) in [7, 11) is 0. The number of hydrogen-bond acceptors (Lipinski definition) is 2. The topological polar surface area (TPSA) is 35.2 Å². The van der Waals surface area contributed by atoms with Crippen LogP contribution in [0.5, 0.6) is 5.75 Å². The number of nitrogens with two attached hydrogens (primary N) is 1. The molecule has 1 aromatic carbocycles. The Labute approximate surface area is 85.1 Å². The molecule has 1 heterocycles. The number of para-hydroxylation sites is 1. The quantitative estimate of drug-likeness (QED) is 0.739. The van der Waals surface area contributed by atoms with Crippen LogP contribution in [0.1, 0.15) is 31.7 Å². The van der Waals surface area contributed by atoms with Crippen LogP contribution in [-0.2, 0) is 0 Å². The number of ether oxygens (including phenoxy) is 1. The first-order chi connectivity index (χ1) is 6.62. The van der Waals surface area contributed by atoms with Crippen molar-refractivity contribution in [1.29, 1.82) is 0 Å². The van der Waals surface area contributed by atoms with Crippen LogP contribution in [0, 0.1) is 0 Å². The van der Waals surface area contributed by atoms with Gasteiger partial charge in [-0.05, 0) is 38.4 Å². The van der Waals surface area contributed by atoms with Gasteiger partial charge in [0.1, 0.15) is 11.4 Å². The Balaban J connectivity index is 2.41. The molecule has 1 aliphatic heterocycles. The maximum absolute atomic E-state index is 5.90. The highest BCUT2D eigenvalue weighted by Gasteiger charge is 2.32. The molecule has 0 saturated heterocycles. The molecule has 2 N–H and O–H groups in total. The van der Waals surface area contributed by atoms with Crippen molar-refractivity contribution >= 4 is 0 Å². The Morgan fingerprint density at radius 1 is 1.43 bits per heavy atom. The zero-order chi connectivity index (χ0) is 10.2. The van der Waals surface area contributed by atoms with Crippen LogP contribution >= 0.6 is 0 Å². The van der Waals surface area contributed by atoms with Crippen molar-refractivity contribution in [3.63, 3.8) is 0 Å². The Morgan fingerprint density at radius 3 is 2.86 bits per heavy atom. The Bertz CT molecular complexity index is 333. The van der Waals surface area contributed by atoms with Gasteiger partial charge in [-0.3, -0.25) is 0 Å². The highest BCUT2D eigenvalue weighted by molar-refractivity contribution is 5.39. The number of fused-ring (bicyclic) bond motifs is 1. The molecule has 0 amide bonds. The van der Waals surface area contributed by atoms with Crippen LogP contribution in [0.25, 0.3) is 0 Å². The fourth-order valence-corrected chi connectivity index (χ4v) is 2.16. The summed E-state index contributed by atoms with van der Waals surface area (Å²) >= 11 is 0. The minimum Gasteiger partial charge on any atom is -0.488 e. The summed E-state index contributed by atoms with van der Waals surface area (Å²) < 4.78 is 5.90. The van der Waals surface area contributed by atoms with E-state index in [1.165, 1.54) is 5.56 Å². The molecule has 1 atom stereocenters. The maximum atomic E-state index is 5.90. The van der Waals surface area contributed by atoms with Crippen molar-refractivity contribution in [3.05, 3.63) is 29.8 Å². The van der Waals surface area contributed by atoms with Crippen LogP contribution in [0.3, 0.4) is 0 Å². The van der Waals surface area contributed by atoms with Gasteiger partial charge in [0.15, 0.2) is 0 Å². The third-order valence-corrected chi connectivity index (χ3v) is 2.77. The molecular formula is C12H17NO. The predicted octanol–water partition coefficient (Wildman–Crippen LogP) is 2.29. The predicted molar refractivity (Wildman–Crippen MR) is 57.6 cm³/mol. The highest BCUT2D eigenvalue weighted by Crippen LogP contribution is 2.39. The molecule has 14 heavy (non-hydrogen) atoms. The van der Waals surface area contributed by atoms with Crippen molar-refractivity contribution in [3.8, 4) is 5.75 Å². The van der Waals surface area contributed by atoms with Gasteiger partial charge in [0.25, 0.3) is 0 Å². The zero-order valence-electron chi connectivity index (χ0n) is 8.79. The van der Waals surface area contributed by atoms with Gasteiger partial charge in [-0.15, -0.1) is 0 Å². The zero-order valence-corrected chi connectivity index (χ0v) is 8.79. The average molecular weight is 191 g/mol. The molecule has 1 aromatic rings. The van der Waals surface area contributed by atoms with Crippen LogP contribution in [-0.4, -0.2) is 12.1 Å². The van der Waals surface area contributed by atoms with Crippen molar-refractivity contribution < 1.29 is 4.74 Å². The Hall–Kier alpha value is -1.02. The fourth-order valence-electron chi connectivity index (χ4n) is 2.16. The molecule has 0 fully saturated rings. The molecule has 0 aliphatic carbocycles. The number of hydrogen-bond donors (Lipinski definition) is 1. The van der Waals surface area contributed by atoms with E-state index in [0.717, 1.165) is 12.2 Å². The fraction of sp³-hybridized carbons (Fsp3) is 0.500. The molecule has 2 heteroatoms. The van der Waals surface area contributed by atoms with Gasteiger partial charge < -0.3 is 10.5 Å². The molecule has 0 radical (unpaired) electrons. The van der Waals surface area contributed by atoms with Gasteiger partial charge in [-0.25, -0.2) is 0 Å². The standard InChI is InChI=1S/C12H17NO/c1-12(2)7-9(8-13)10-5-3-4-6-11(10)14-12/h3-6,9H,7-8,13H2,1-2H3. The summed E-state index contributed by atoms with van der Waals surface area (Å²) in [6.45, 7) is 4.93. The first kappa shape index (κ1) is 9.53. The van der Waals surface area contributed by atoms with Gasteiger partial charge in [0.05, 0.1) is 0 Å². The molecular weight excluding hydrogens is 174 g/mol. The van der Waals surface area contributed by atoms with E-state index in [0.29, 0.717) is 12.5 Å². The van der Waals surface area contributed by atoms with Crippen molar-refractivity contribution in [2.24, 2.45) is 5.73 Å². The maximum Gasteiger partial charge on any atom is 0.123 e. The lowest BCUT2D eigenvalue weighted by molar-refractivity contribution is 0.0731. The molecule has 0 saturated carbocycles. The minimum atomic E-state index is -0.0849. The lowest BCUT2D eigenvalue weighted by Gasteiger charge is -2.37. The monoisotopic (exact) mass is 191 g/mol. The van der Waals surface area contributed by atoms with E-state index in [9.17, 15) is 0 Å². The molecule has 0 bridgehead atoms. The summed E-state index contributed by atoms with van der Waals surface area (Å²) in [5.41, 5.74) is 6.96. The van der Waals surface area contributed by atoms with Gasteiger partial charge >= 0.3 is 0 Å². The first-order valence-electron chi connectivity index (χ1n) is 5.10. The third kappa shape index (κ3) is 1.62. The summed E-state index contributed by atoms with van der Waals surface area (Å²) in [5.74, 6) is 1.44. The second kappa shape index (κ2) is 3.28. The molecule has 1 aliphatic rings. The Morgan fingerprint density at radius 2 is 2.14 bits per heavy atom.